The van der Waals surface area contributed by atoms with E-state index in [4.69, 9.17) is 10.5 Å². The summed E-state index contributed by atoms with van der Waals surface area (Å²) in [6.07, 6.45) is 5.19. The lowest BCUT2D eigenvalue weighted by Crippen LogP contribution is -2.34. The third kappa shape index (κ3) is 1.86. The summed E-state index contributed by atoms with van der Waals surface area (Å²) in [6, 6.07) is 1.07. The van der Waals surface area contributed by atoms with Gasteiger partial charge in [-0.05, 0) is 25.8 Å². The van der Waals surface area contributed by atoms with Crippen molar-refractivity contribution in [3.05, 3.63) is 6.33 Å². The van der Waals surface area contributed by atoms with Crippen molar-refractivity contribution < 1.29 is 4.74 Å². The Kier molecular flexibility index (Phi) is 2.95. The van der Waals surface area contributed by atoms with Gasteiger partial charge in [0.2, 0.25) is 5.75 Å². The monoisotopic (exact) mass is 249 g/mol. The van der Waals surface area contributed by atoms with Gasteiger partial charge in [-0.15, -0.1) is 0 Å². The molecule has 6 nitrogen and oxygen atoms in total. The molecule has 0 spiro atoms. The third-order valence-corrected chi connectivity index (χ3v) is 3.96. The molecule has 2 saturated heterocycles. The molecular weight excluding hydrogens is 230 g/mol. The van der Waals surface area contributed by atoms with Gasteiger partial charge in [-0.3, -0.25) is 4.90 Å². The van der Waals surface area contributed by atoms with Crippen LogP contribution in [0.1, 0.15) is 19.3 Å². The van der Waals surface area contributed by atoms with Crippen LogP contribution in [-0.2, 0) is 0 Å². The van der Waals surface area contributed by atoms with Crippen LogP contribution in [0.3, 0.4) is 0 Å². The minimum absolute atomic E-state index is 0.385. The number of hydrogen-bond acceptors (Lipinski definition) is 6. The SMILES string of the molecule is COc1c(N)ncnc1NC1CCN2CCCC12. The molecule has 2 aliphatic rings. The fraction of sp³-hybridized carbons (Fsp3) is 0.667. The van der Waals surface area contributed by atoms with Gasteiger partial charge >= 0.3 is 0 Å². The largest absolute Gasteiger partial charge is 0.490 e. The zero-order valence-electron chi connectivity index (χ0n) is 10.6. The van der Waals surface area contributed by atoms with E-state index < -0.39 is 0 Å². The first-order valence-electron chi connectivity index (χ1n) is 6.44. The van der Waals surface area contributed by atoms with E-state index in [1.54, 1.807) is 7.11 Å². The average molecular weight is 249 g/mol. The van der Waals surface area contributed by atoms with Crippen molar-refractivity contribution in [2.24, 2.45) is 0 Å². The lowest BCUT2D eigenvalue weighted by atomic mass is 10.1. The van der Waals surface area contributed by atoms with Crippen LogP contribution >= 0.6 is 0 Å². The highest BCUT2D eigenvalue weighted by molar-refractivity contribution is 5.61. The van der Waals surface area contributed by atoms with Crippen LogP contribution in [0.4, 0.5) is 11.6 Å². The molecule has 2 atom stereocenters. The molecule has 2 aliphatic heterocycles. The van der Waals surface area contributed by atoms with Crippen LogP contribution in [-0.4, -0.2) is 47.2 Å². The Morgan fingerprint density at radius 2 is 2.28 bits per heavy atom. The molecule has 6 heteroatoms. The van der Waals surface area contributed by atoms with Crippen LogP contribution < -0.4 is 15.8 Å². The van der Waals surface area contributed by atoms with E-state index in [1.807, 2.05) is 0 Å². The number of hydrogen-bond donors (Lipinski definition) is 2. The number of nitrogen functional groups attached to an aromatic ring is 1. The molecule has 2 fully saturated rings. The molecule has 3 rings (SSSR count). The van der Waals surface area contributed by atoms with Gasteiger partial charge in [-0.25, -0.2) is 9.97 Å². The van der Waals surface area contributed by atoms with Crippen LogP contribution in [0.2, 0.25) is 0 Å². The van der Waals surface area contributed by atoms with Crippen molar-refractivity contribution in [1.29, 1.82) is 0 Å². The van der Waals surface area contributed by atoms with E-state index in [1.165, 1.54) is 32.3 Å². The van der Waals surface area contributed by atoms with Gasteiger partial charge < -0.3 is 15.8 Å². The molecule has 2 unspecified atom stereocenters. The highest BCUT2D eigenvalue weighted by Gasteiger charge is 2.37. The summed E-state index contributed by atoms with van der Waals surface area (Å²) in [5.41, 5.74) is 5.79. The summed E-state index contributed by atoms with van der Waals surface area (Å²) in [4.78, 5) is 10.7. The molecule has 0 radical (unpaired) electrons. The summed E-state index contributed by atoms with van der Waals surface area (Å²) in [5, 5.41) is 3.47. The van der Waals surface area contributed by atoms with Crippen molar-refractivity contribution in [1.82, 2.24) is 14.9 Å². The molecule has 98 valence electrons. The lowest BCUT2D eigenvalue weighted by Gasteiger charge is -2.22. The van der Waals surface area contributed by atoms with Crippen molar-refractivity contribution in [3.8, 4) is 5.75 Å². The summed E-state index contributed by atoms with van der Waals surface area (Å²) in [7, 11) is 1.59. The summed E-state index contributed by atoms with van der Waals surface area (Å²) in [5.74, 6) is 1.65. The Morgan fingerprint density at radius 3 is 3.11 bits per heavy atom. The number of nitrogens with one attached hydrogen (secondary N) is 1. The highest BCUT2D eigenvalue weighted by atomic mass is 16.5. The zero-order chi connectivity index (χ0) is 12.5. The minimum atomic E-state index is 0.385. The molecule has 0 amide bonds. The Bertz CT molecular complexity index is 438. The van der Waals surface area contributed by atoms with Gasteiger partial charge in [-0.1, -0.05) is 0 Å². The standard InChI is InChI=1S/C12H19N5O/c1-18-10-11(13)14-7-15-12(10)16-8-4-6-17-5-2-3-9(8)17/h7-9H,2-6H2,1H3,(H3,13,14,15,16). The van der Waals surface area contributed by atoms with E-state index in [0.29, 0.717) is 29.5 Å². The first-order valence-corrected chi connectivity index (χ1v) is 6.44. The first kappa shape index (κ1) is 11.5. The summed E-state index contributed by atoms with van der Waals surface area (Å²) >= 11 is 0. The molecule has 1 aromatic rings. The third-order valence-electron chi connectivity index (χ3n) is 3.96. The number of ether oxygens (including phenoxy) is 1. The number of aromatic nitrogens is 2. The second kappa shape index (κ2) is 4.61. The highest BCUT2D eigenvalue weighted by Crippen LogP contribution is 2.33. The second-order valence-corrected chi connectivity index (χ2v) is 4.93. The maximum absolute atomic E-state index is 5.79. The maximum Gasteiger partial charge on any atom is 0.203 e. The van der Waals surface area contributed by atoms with Gasteiger partial charge in [0, 0.05) is 18.6 Å². The van der Waals surface area contributed by atoms with Crippen LogP contribution in [0.5, 0.6) is 5.75 Å². The number of fused-ring (bicyclic) bond motifs is 1. The maximum atomic E-state index is 5.79. The van der Waals surface area contributed by atoms with Gasteiger partial charge in [0.15, 0.2) is 11.6 Å². The normalized spacial score (nSPS) is 27.2. The van der Waals surface area contributed by atoms with Gasteiger partial charge in [0.1, 0.15) is 6.33 Å². The van der Waals surface area contributed by atoms with Crippen molar-refractivity contribution in [3.63, 3.8) is 0 Å². The second-order valence-electron chi connectivity index (χ2n) is 4.93. The number of rotatable bonds is 3. The number of anilines is 2. The molecule has 0 bridgehead atoms. The van der Waals surface area contributed by atoms with Gasteiger partial charge in [-0.2, -0.15) is 0 Å². The molecule has 0 saturated carbocycles. The molecule has 0 aliphatic carbocycles. The van der Waals surface area contributed by atoms with Crippen LogP contribution in [0.15, 0.2) is 6.33 Å². The van der Waals surface area contributed by atoms with Crippen molar-refractivity contribution in [2.45, 2.75) is 31.3 Å². The fourth-order valence-electron chi connectivity index (χ4n) is 3.12. The number of nitrogens with two attached hydrogens (primary N) is 1. The van der Waals surface area contributed by atoms with Crippen LogP contribution in [0.25, 0.3) is 0 Å². The first-order chi connectivity index (χ1) is 8.79. The molecular formula is C12H19N5O. The molecule has 18 heavy (non-hydrogen) atoms. The Hall–Kier alpha value is -1.56. The number of methoxy groups -OCH3 is 1. The predicted octanol–water partition coefficient (Wildman–Crippen LogP) is 0.716. The lowest BCUT2D eigenvalue weighted by molar-refractivity contribution is 0.318. The predicted molar refractivity (Wildman–Crippen MR) is 69.6 cm³/mol. The summed E-state index contributed by atoms with van der Waals surface area (Å²) in [6.45, 7) is 2.40. The Morgan fingerprint density at radius 1 is 1.39 bits per heavy atom. The molecule has 3 N–H and O–H groups in total. The molecule has 3 heterocycles. The van der Waals surface area contributed by atoms with E-state index in [2.05, 4.69) is 20.2 Å². The Balaban J connectivity index is 1.78. The molecule has 1 aromatic heterocycles. The Labute approximate surface area is 107 Å². The van der Waals surface area contributed by atoms with Gasteiger partial charge in [0.25, 0.3) is 0 Å². The topological polar surface area (TPSA) is 76.3 Å². The van der Waals surface area contributed by atoms with E-state index >= 15 is 0 Å². The smallest absolute Gasteiger partial charge is 0.203 e. The summed E-state index contributed by atoms with van der Waals surface area (Å²) < 4.78 is 5.27. The van der Waals surface area contributed by atoms with Crippen molar-refractivity contribution >= 4 is 11.6 Å². The fourth-order valence-corrected chi connectivity index (χ4v) is 3.12. The van der Waals surface area contributed by atoms with E-state index in [9.17, 15) is 0 Å². The van der Waals surface area contributed by atoms with Crippen LogP contribution in [0, 0.1) is 0 Å². The average Bonchev–Trinajstić information content (AvgIpc) is 2.94. The quantitative estimate of drug-likeness (QED) is 0.822. The van der Waals surface area contributed by atoms with E-state index in [0.717, 1.165) is 6.42 Å². The number of nitrogens with zero attached hydrogens (tertiary/aromatic N) is 3. The van der Waals surface area contributed by atoms with E-state index in [-0.39, 0.29) is 0 Å². The zero-order valence-corrected chi connectivity index (χ0v) is 10.6. The van der Waals surface area contributed by atoms with Crippen molar-refractivity contribution in [2.75, 3.05) is 31.2 Å². The molecule has 0 aromatic carbocycles. The van der Waals surface area contributed by atoms with Gasteiger partial charge in [0.05, 0.1) is 7.11 Å². The minimum Gasteiger partial charge on any atom is -0.490 e.